The maximum absolute atomic E-state index is 12.4. The molecule has 0 aromatic carbocycles. The van der Waals surface area contributed by atoms with Crippen LogP contribution < -0.4 is 5.32 Å². The molecule has 1 N–H and O–H groups in total. The van der Waals surface area contributed by atoms with Gasteiger partial charge in [-0.05, 0) is 13.5 Å². The molecular formula is C13H27Cl3N4OS. The average Bonchev–Trinajstić information content (AvgIpc) is 3.10. The first-order valence-electron chi connectivity index (χ1n) is 7.26. The molecule has 0 unspecified atom stereocenters. The third-order valence-electron chi connectivity index (χ3n) is 4.52. The summed E-state index contributed by atoms with van der Waals surface area (Å²) in [5.74, 6) is 2.30. The standard InChI is InChI=1S/C13H24N4OS.3ClH/c1-15-2-4-16(5-3-15)11-8-12(14-9-11)13(18)17-6-7-19-10-17;;;/h11-12,14H,2-10H2,1H3;3*1H/t11-,12-;;;/m0.../s1. The van der Waals surface area contributed by atoms with Crippen molar-refractivity contribution in [3.8, 4) is 0 Å². The van der Waals surface area contributed by atoms with Gasteiger partial charge in [0.25, 0.3) is 0 Å². The van der Waals surface area contributed by atoms with Crippen LogP contribution in [0.3, 0.4) is 0 Å². The first-order chi connectivity index (χ1) is 9.24. The summed E-state index contributed by atoms with van der Waals surface area (Å²) in [6.07, 6.45) is 0.990. The molecule has 0 saturated carbocycles. The zero-order valence-corrected chi connectivity index (χ0v) is 16.2. The van der Waals surface area contributed by atoms with Crippen LogP contribution in [0, 0.1) is 0 Å². The molecule has 3 saturated heterocycles. The van der Waals surface area contributed by atoms with Crippen LogP contribution in [0.15, 0.2) is 0 Å². The fraction of sp³-hybridized carbons (Fsp3) is 0.923. The van der Waals surface area contributed by atoms with Crippen molar-refractivity contribution in [3.63, 3.8) is 0 Å². The van der Waals surface area contributed by atoms with Crippen LogP contribution in [0.4, 0.5) is 0 Å². The lowest BCUT2D eigenvalue weighted by atomic mass is 10.1. The Hall–Kier alpha value is 0.570. The van der Waals surface area contributed by atoms with E-state index in [0.29, 0.717) is 11.9 Å². The molecular weight excluding hydrogens is 367 g/mol. The molecule has 3 aliphatic heterocycles. The minimum atomic E-state index is 0. The lowest BCUT2D eigenvalue weighted by Crippen LogP contribution is -2.49. The van der Waals surface area contributed by atoms with Gasteiger partial charge >= 0.3 is 0 Å². The predicted octanol–water partition coefficient (Wildman–Crippen LogP) is 0.763. The van der Waals surface area contributed by atoms with Crippen LogP contribution in [0.5, 0.6) is 0 Å². The minimum Gasteiger partial charge on any atom is -0.331 e. The summed E-state index contributed by atoms with van der Waals surface area (Å²) in [6, 6.07) is 0.612. The first kappa shape index (κ1) is 22.6. The van der Waals surface area contributed by atoms with Gasteiger partial charge in [0.15, 0.2) is 0 Å². The van der Waals surface area contributed by atoms with Gasteiger partial charge in [0, 0.05) is 51.1 Å². The molecule has 3 fully saturated rings. The van der Waals surface area contributed by atoms with Crippen LogP contribution in [0.2, 0.25) is 0 Å². The van der Waals surface area contributed by atoms with Gasteiger partial charge in [0.05, 0.1) is 11.9 Å². The third-order valence-corrected chi connectivity index (χ3v) is 5.49. The molecule has 0 aromatic heterocycles. The van der Waals surface area contributed by atoms with Crippen LogP contribution in [-0.4, -0.2) is 90.6 Å². The van der Waals surface area contributed by atoms with Gasteiger partial charge in [-0.1, -0.05) is 0 Å². The van der Waals surface area contributed by atoms with E-state index in [9.17, 15) is 4.79 Å². The molecule has 2 atom stereocenters. The van der Waals surface area contributed by atoms with Crippen molar-refractivity contribution in [2.45, 2.75) is 18.5 Å². The van der Waals surface area contributed by atoms with E-state index >= 15 is 0 Å². The van der Waals surface area contributed by atoms with Crippen LogP contribution in [-0.2, 0) is 4.79 Å². The Morgan fingerprint density at radius 1 is 1.09 bits per heavy atom. The zero-order chi connectivity index (χ0) is 13.2. The lowest BCUT2D eigenvalue weighted by molar-refractivity contribution is -0.131. The summed E-state index contributed by atoms with van der Waals surface area (Å²) >= 11 is 1.86. The quantitative estimate of drug-likeness (QED) is 0.750. The number of halogens is 3. The van der Waals surface area contributed by atoms with Gasteiger partial charge in [0.1, 0.15) is 0 Å². The number of nitrogens with one attached hydrogen (secondary N) is 1. The first-order valence-corrected chi connectivity index (χ1v) is 8.42. The average molecular weight is 394 g/mol. The number of carbonyl (C=O) groups is 1. The highest BCUT2D eigenvalue weighted by molar-refractivity contribution is 7.99. The minimum absolute atomic E-state index is 0. The van der Waals surface area contributed by atoms with Crippen LogP contribution in [0.25, 0.3) is 0 Å². The van der Waals surface area contributed by atoms with E-state index in [1.54, 1.807) is 0 Å². The van der Waals surface area contributed by atoms with Gasteiger partial charge in [0.2, 0.25) is 5.91 Å². The van der Waals surface area contributed by atoms with Crippen molar-refractivity contribution in [1.82, 2.24) is 20.0 Å². The number of hydrogen-bond acceptors (Lipinski definition) is 5. The van der Waals surface area contributed by atoms with E-state index in [2.05, 4.69) is 22.2 Å². The zero-order valence-electron chi connectivity index (χ0n) is 12.9. The fourth-order valence-corrected chi connectivity index (χ4v) is 4.13. The van der Waals surface area contributed by atoms with E-state index in [4.69, 9.17) is 0 Å². The second-order valence-corrected chi connectivity index (χ2v) is 6.90. The van der Waals surface area contributed by atoms with Crippen LogP contribution in [0.1, 0.15) is 6.42 Å². The number of thioether (sulfide) groups is 1. The van der Waals surface area contributed by atoms with Crippen molar-refractivity contribution in [2.24, 2.45) is 0 Å². The van der Waals surface area contributed by atoms with Gasteiger partial charge in [-0.25, -0.2) is 0 Å². The van der Waals surface area contributed by atoms with Crippen molar-refractivity contribution in [2.75, 3.05) is 57.9 Å². The summed E-state index contributed by atoms with van der Waals surface area (Å²) in [7, 11) is 2.18. The Balaban J connectivity index is 0.00000147. The Labute approximate surface area is 156 Å². The molecule has 22 heavy (non-hydrogen) atoms. The molecule has 3 heterocycles. The van der Waals surface area contributed by atoms with Gasteiger partial charge < -0.3 is 15.1 Å². The molecule has 0 bridgehead atoms. The second-order valence-electron chi connectivity index (χ2n) is 5.83. The maximum atomic E-state index is 12.4. The number of amides is 1. The molecule has 1 amide bonds. The Kier molecular flexibility index (Phi) is 10.7. The van der Waals surface area contributed by atoms with E-state index in [0.717, 1.165) is 57.3 Å². The molecule has 0 aromatic rings. The Morgan fingerprint density at radius 3 is 2.36 bits per heavy atom. The van der Waals surface area contributed by atoms with E-state index in [1.807, 2.05) is 16.7 Å². The number of hydrogen-bond donors (Lipinski definition) is 1. The summed E-state index contributed by atoms with van der Waals surface area (Å²) in [5, 5.41) is 3.44. The van der Waals surface area contributed by atoms with Gasteiger partial charge in [-0.3, -0.25) is 9.69 Å². The maximum Gasteiger partial charge on any atom is 0.240 e. The second kappa shape index (κ2) is 10.4. The molecule has 3 aliphatic rings. The van der Waals surface area contributed by atoms with Gasteiger partial charge in [-0.15, -0.1) is 49.0 Å². The summed E-state index contributed by atoms with van der Waals surface area (Å²) in [5.41, 5.74) is 0. The van der Waals surface area contributed by atoms with Crippen LogP contribution >= 0.6 is 49.0 Å². The topological polar surface area (TPSA) is 38.8 Å². The Morgan fingerprint density at radius 2 is 1.77 bits per heavy atom. The number of piperazine rings is 1. The number of carbonyl (C=O) groups excluding carboxylic acids is 1. The SMILES string of the molecule is CN1CCN([C@@H]2CN[C@H](C(=O)N3CCSC3)C2)CC1.Cl.Cl.Cl. The van der Waals surface area contributed by atoms with Crippen molar-refractivity contribution in [3.05, 3.63) is 0 Å². The number of nitrogens with zero attached hydrogens (tertiary/aromatic N) is 3. The number of rotatable bonds is 2. The van der Waals surface area contributed by atoms with E-state index < -0.39 is 0 Å². The number of likely N-dealkylation sites (N-methyl/N-ethyl adjacent to an activating group) is 1. The highest BCUT2D eigenvalue weighted by Crippen LogP contribution is 2.20. The monoisotopic (exact) mass is 392 g/mol. The largest absolute Gasteiger partial charge is 0.331 e. The summed E-state index contributed by atoms with van der Waals surface area (Å²) in [6.45, 7) is 6.49. The van der Waals surface area contributed by atoms with Crippen molar-refractivity contribution in [1.29, 1.82) is 0 Å². The van der Waals surface area contributed by atoms with E-state index in [1.165, 1.54) is 0 Å². The molecule has 5 nitrogen and oxygen atoms in total. The molecule has 3 rings (SSSR count). The van der Waals surface area contributed by atoms with E-state index in [-0.39, 0.29) is 43.3 Å². The molecule has 132 valence electrons. The molecule has 0 spiro atoms. The summed E-state index contributed by atoms with van der Waals surface area (Å²) < 4.78 is 0. The normalized spacial score (nSPS) is 29.4. The highest BCUT2D eigenvalue weighted by Gasteiger charge is 2.36. The smallest absolute Gasteiger partial charge is 0.240 e. The van der Waals surface area contributed by atoms with Crippen molar-refractivity contribution >= 4 is 54.9 Å². The molecule has 0 radical (unpaired) electrons. The van der Waals surface area contributed by atoms with Gasteiger partial charge in [-0.2, -0.15) is 0 Å². The fourth-order valence-electron chi connectivity index (χ4n) is 3.18. The third kappa shape index (κ3) is 5.30. The lowest BCUT2D eigenvalue weighted by Gasteiger charge is -2.36. The highest BCUT2D eigenvalue weighted by atomic mass is 35.5. The Bertz CT molecular complexity index is 339. The molecule has 9 heteroatoms. The summed E-state index contributed by atoms with van der Waals surface area (Å²) in [4.78, 5) is 19.3. The predicted molar refractivity (Wildman–Crippen MR) is 100 cm³/mol. The van der Waals surface area contributed by atoms with Crippen molar-refractivity contribution < 1.29 is 4.79 Å². The molecule has 0 aliphatic carbocycles.